The Morgan fingerprint density at radius 3 is 2.70 bits per heavy atom. The van der Waals surface area contributed by atoms with Crippen molar-refractivity contribution in [3.63, 3.8) is 0 Å². The molecule has 59 valence electrons. The minimum atomic E-state index is 0.764. The molecule has 1 fully saturated rings. The molecule has 1 saturated heterocycles. The molecule has 0 amide bonds. The average Bonchev–Trinajstić information content (AvgIpc) is 2.03. The van der Waals surface area contributed by atoms with Gasteiger partial charge in [-0.1, -0.05) is 0 Å². The second-order valence-electron chi connectivity index (χ2n) is 2.43. The zero-order valence-corrected chi connectivity index (χ0v) is 6.12. The molecule has 0 saturated carbocycles. The van der Waals surface area contributed by atoms with E-state index >= 15 is 0 Å². The van der Waals surface area contributed by atoms with Crippen LogP contribution in [-0.2, 0) is 4.74 Å². The van der Waals surface area contributed by atoms with E-state index in [0.717, 1.165) is 39.3 Å². The van der Waals surface area contributed by atoms with Crippen molar-refractivity contribution >= 4 is 0 Å². The van der Waals surface area contributed by atoms with Crippen molar-refractivity contribution in [2.75, 3.05) is 32.8 Å². The third-order valence-corrected chi connectivity index (χ3v) is 1.68. The minimum absolute atomic E-state index is 0.764. The van der Waals surface area contributed by atoms with E-state index in [1.54, 1.807) is 0 Å². The molecule has 1 aliphatic rings. The Morgan fingerprint density at radius 2 is 2.10 bits per heavy atom. The summed E-state index contributed by atoms with van der Waals surface area (Å²) in [5, 5.41) is 8.41. The molecule has 1 N–H and O–H groups in total. The lowest BCUT2D eigenvalue weighted by Crippen LogP contribution is -2.36. The van der Waals surface area contributed by atoms with Crippen LogP contribution in [0.3, 0.4) is 0 Å². The van der Waals surface area contributed by atoms with Gasteiger partial charge in [-0.25, -0.2) is 0 Å². The number of nitrogens with zero attached hydrogens (tertiary/aromatic N) is 1. The van der Waals surface area contributed by atoms with Crippen LogP contribution < -0.4 is 0 Å². The van der Waals surface area contributed by atoms with E-state index in [2.05, 4.69) is 4.90 Å². The van der Waals surface area contributed by atoms with E-state index in [1.165, 1.54) is 6.61 Å². The molecular weight excluding hydrogens is 130 g/mol. The molecule has 0 bridgehead atoms. The Kier molecular flexibility index (Phi) is 3.72. The molecular formula is C7H14NO2. The van der Waals surface area contributed by atoms with E-state index in [0.29, 0.717) is 0 Å². The van der Waals surface area contributed by atoms with Gasteiger partial charge in [-0.3, -0.25) is 4.90 Å². The molecule has 0 atom stereocenters. The van der Waals surface area contributed by atoms with Gasteiger partial charge in [0, 0.05) is 19.6 Å². The van der Waals surface area contributed by atoms with Crippen LogP contribution in [0.25, 0.3) is 0 Å². The van der Waals surface area contributed by atoms with Crippen LogP contribution in [0.4, 0.5) is 0 Å². The molecule has 0 aromatic rings. The Bertz CT molecular complexity index is 81.7. The fraction of sp³-hybridized carbons (Fsp3) is 0.857. The highest BCUT2D eigenvalue weighted by molar-refractivity contribution is 4.63. The van der Waals surface area contributed by atoms with Gasteiger partial charge in [0.05, 0.1) is 19.8 Å². The first-order valence-electron chi connectivity index (χ1n) is 3.69. The first-order chi connectivity index (χ1) is 4.93. The molecule has 3 nitrogen and oxygen atoms in total. The third kappa shape index (κ3) is 2.64. The number of hydrogen-bond acceptors (Lipinski definition) is 3. The highest BCUT2D eigenvalue weighted by atomic mass is 16.5. The van der Waals surface area contributed by atoms with Gasteiger partial charge >= 0.3 is 0 Å². The first-order valence-corrected chi connectivity index (χ1v) is 3.69. The van der Waals surface area contributed by atoms with E-state index in [4.69, 9.17) is 9.84 Å². The number of aliphatic hydroxyl groups is 1. The Labute approximate surface area is 61.6 Å². The van der Waals surface area contributed by atoms with Crippen molar-refractivity contribution in [1.29, 1.82) is 0 Å². The summed E-state index contributed by atoms with van der Waals surface area (Å²) in [4.78, 5) is 2.29. The van der Waals surface area contributed by atoms with Gasteiger partial charge in [0.1, 0.15) is 0 Å². The molecule has 0 aromatic heterocycles. The summed E-state index contributed by atoms with van der Waals surface area (Å²) < 4.78 is 5.17. The van der Waals surface area contributed by atoms with Crippen LogP contribution in [0.2, 0.25) is 0 Å². The summed E-state index contributed by atoms with van der Waals surface area (Å²) in [6.45, 7) is 5.87. The maximum absolute atomic E-state index is 8.41. The molecule has 3 heteroatoms. The second kappa shape index (κ2) is 4.66. The van der Waals surface area contributed by atoms with E-state index < -0.39 is 0 Å². The molecule has 1 radical (unpaired) electrons. The number of rotatable bonds is 3. The van der Waals surface area contributed by atoms with Crippen molar-refractivity contribution in [2.45, 2.75) is 6.42 Å². The Morgan fingerprint density at radius 1 is 1.40 bits per heavy atom. The van der Waals surface area contributed by atoms with Crippen LogP contribution in [0.5, 0.6) is 0 Å². The summed E-state index contributed by atoms with van der Waals surface area (Å²) in [5.74, 6) is 0. The molecule has 0 spiro atoms. The molecule has 0 aromatic carbocycles. The summed E-state index contributed by atoms with van der Waals surface area (Å²) in [6.07, 6.45) is 0.764. The van der Waals surface area contributed by atoms with Crippen LogP contribution >= 0.6 is 0 Å². The lowest BCUT2D eigenvalue weighted by molar-refractivity contribution is 0.0370. The van der Waals surface area contributed by atoms with Gasteiger partial charge in [0.25, 0.3) is 0 Å². The molecule has 1 rings (SSSR count). The number of ether oxygens (including phenoxy) is 1. The fourth-order valence-corrected chi connectivity index (χ4v) is 1.07. The smallest absolute Gasteiger partial charge is 0.0811 e. The van der Waals surface area contributed by atoms with Crippen LogP contribution in [0.15, 0.2) is 0 Å². The van der Waals surface area contributed by atoms with Gasteiger partial charge in [0.2, 0.25) is 0 Å². The first kappa shape index (κ1) is 7.98. The number of morpholine rings is 1. The second-order valence-corrected chi connectivity index (χ2v) is 2.43. The monoisotopic (exact) mass is 144 g/mol. The van der Waals surface area contributed by atoms with E-state index in [-0.39, 0.29) is 0 Å². The van der Waals surface area contributed by atoms with Crippen molar-refractivity contribution in [1.82, 2.24) is 4.90 Å². The lowest BCUT2D eigenvalue weighted by Gasteiger charge is -2.25. The highest BCUT2D eigenvalue weighted by Gasteiger charge is 2.08. The molecule has 0 aliphatic carbocycles. The van der Waals surface area contributed by atoms with Crippen LogP contribution in [0, 0.1) is 6.61 Å². The predicted octanol–water partition coefficient (Wildman–Crippen LogP) is 0.243. The lowest BCUT2D eigenvalue weighted by atomic mass is 10.3. The van der Waals surface area contributed by atoms with Gasteiger partial charge in [-0.2, -0.15) is 0 Å². The normalized spacial score (nSPS) is 21.3. The number of hydrogen-bond donors (Lipinski definition) is 1. The molecule has 10 heavy (non-hydrogen) atoms. The van der Waals surface area contributed by atoms with Crippen molar-refractivity contribution in [3.8, 4) is 0 Å². The summed E-state index contributed by atoms with van der Waals surface area (Å²) in [7, 11) is 0. The van der Waals surface area contributed by atoms with E-state index in [1.807, 2.05) is 0 Å². The van der Waals surface area contributed by atoms with Crippen molar-refractivity contribution < 1.29 is 9.84 Å². The van der Waals surface area contributed by atoms with Crippen molar-refractivity contribution in [3.05, 3.63) is 6.61 Å². The predicted molar refractivity (Wildman–Crippen MR) is 38.1 cm³/mol. The standard InChI is InChI=1S/C7H14NO2/c9-5-1-2-8-3-6-10-7-4-8/h5,9H,1-4,6-7H2. The molecule has 1 aliphatic heterocycles. The summed E-state index contributed by atoms with van der Waals surface area (Å²) >= 11 is 0. The SMILES string of the molecule is O[CH]CCN1CCOCC1. The van der Waals surface area contributed by atoms with Gasteiger partial charge in [-0.15, -0.1) is 0 Å². The minimum Gasteiger partial charge on any atom is -0.390 e. The molecule has 0 unspecified atom stereocenters. The number of aliphatic hydroxyl groups excluding tert-OH is 1. The average molecular weight is 144 g/mol. The van der Waals surface area contributed by atoms with E-state index in [9.17, 15) is 0 Å². The topological polar surface area (TPSA) is 32.7 Å². The highest BCUT2D eigenvalue weighted by Crippen LogP contribution is 1.97. The maximum Gasteiger partial charge on any atom is 0.0811 e. The summed E-state index contributed by atoms with van der Waals surface area (Å²) in [5.41, 5.74) is 0. The molecule has 1 heterocycles. The quantitative estimate of drug-likeness (QED) is 0.616. The van der Waals surface area contributed by atoms with Gasteiger partial charge < -0.3 is 9.84 Å². The fourth-order valence-electron chi connectivity index (χ4n) is 1.07. The van der Waals surface area contributed by atoms with Crippen LogP contribution in [0.1, 0.15) is 6.42 Å². The zero-order valence-electron chi connectivity index (χ0n) is 6.12. The summed E-state index contributed by atoms with van der Waals surface area (Å²) in [6, 6.07) is 0. The van der Waals surface area contributed by atoms with Gasteiger partial charge in [-0.05, 0) is 6.42 Å². The zero-order chi connectivity index (χ0) is 7.23. The Balaban J connectivity index is 2.02. The maximum atomic E-state index is 8.41. The van der Waals surface area contributed by atoms with Crippen molar-refractivity contribution in [2.24, 2.45) is 0 Å². The Hall–Kier alpha value is -0.120. The van der Waals surface area contributed by atoms with Crippen LogP contribution in [-0.4, -0.2) is 42.9 Å². The largest absolute Gasteiger partial charge is 0.390 e. The van der Waals surface area contributed by atoms with Gasteiger partial charge in [0.15, 0.2) is 0 Å². The third-order valence-electron chi connectivity index (χ3n) is 1.68.